The molecule has 0 amide bonds. The summed E-state index contributed by atoms with van der Waals surface area (Å²) in [6.45, 7) is 0. The van der Waals surface area contributed by atoms with Gasteiger partial charge in [0, 0.05) is 22.4 Å². The van der Waals surface area contributed by atoms with Gasteiger partial charge >= 0.3 is 0 Å². The highest BCUT2D eigenvalue weighted by atomic mass is 35.5. The van der Waals surface area contributed by atoms with Crippen molar-refractivity contribution in [3.8, 4) is 0 Å². The fraction of sp³-hybridized carbons (Fsp3) is 0.400. The van der Waals surface area contributed by atoms with Crippen LogP contribution in [-0.2, 0) is 16.4 Å². The van der Waals surface area contributed by atoms with Gasteiger partial charge in [0.05, 0.1) is 16.6 Å². The molecule has 4 rings (SSSR count). The van der Waals surface area contributed by atoms with E-state index in [1.165, 1.54) is 11.3 Å². The summed E-state index contributed by atoms with van der Waals surface area (Å²) >= 11 is 7.30. The number of anilines is 1. The largest absolute Gasteiger partial charge is 0.375 e. The number of piperidine rings is 1. The molecule has 2 atom stereocenters. The van der Waals surface area contributed by atoms with Gasteiger partial charge in [0.15, 0.2) is 5.13 Å². The maximum Gasteiger partial charge on any atom is 0.243 e. The van der Waals surface area contributed by atoms with Crippen molar-refractivity contribution >= 4 is 38.1 Å². The second kappa shape index (κ2) is 5.44. The Labute approximate surface area is 144 Å². The number of rotatable bonds is 2. The van der Waals surface area contributed by atoms with Crippen molar-refractivity contribution in [2.75, 3.05) is 5.73 Å². The summed E-state index contributed by atoms with van der Waals surface area (Å²) in [5.41, 5.74) is 6.82. The van der Waals surface area contributed by atoms with Crippen LogP contribution in [-0.4, -0.2) is 23.7 Å². The Morgan fingerprint density at radius 2 is 2.00 bits per heavy atom. The van der Waals surface area contributed by atoms with Crippen LogP contribution >= 0.6 is 22.9 Å². The topological polar surface area (TPSA) is 76.3 Å². The molecule has 2 aliphatic rings. The van der Waals surface area contributed by atoms with Gasteiger partial charge in [-0.3, -0.25) is 0 Å². The maximum absolute atomic E-state index is 13.2. The predicted molar refractivity (Wildman–Crippen MR) is 91.1 cm³/mol. The Morgan fingerprint density at radius 1 is 1.26 bits per heavy atom. The van der Waals surface area contributed by atoms with Crippen molar-refractivity contribution in [2.45, 2.75) is 42.7 Å². The quantitative estimate of drug-likeness (QED) is 0.881. The molecule has 3 heterocycles. The molecule has 2 aromatic rings. The smallest absolute Gasteiger partial charge is 0.243 e. The molecule has 2 aliphatic heterocycles. The molecule has 2 unspecified atom stereocenters. The number of hydrogen-bond acceptors (Lipinski definition) is 5. The molecule has 0 saturated carbocycles. The number of hydrogen-bond donors (Lipinski definition) is 1. The van der Waals surface area contributed by atoms with E-state index in [0.29, 0.717) is 21.5 Å². The molecule has 1 aromatic carbocycles. The zero-order valence-corrected chi connectivity index (χ0v) is 14.7. The van der Waals surface area contributed by atoms with Crippen molar-refractivity contribution in [3.63, 3.8) is 0 Å². The number of thiazole rings is 1. The second-order valence-corrected chi connectivity index (χ2v) is 9.30. The molecular weight excluding hydrogens is 354 g/mol. The van der Waals surface area contributed by atoms with E-state index in [2.05, 4.69) is 4.98 Å². The molecule has 2 N–H and O–H groups in total. The minimum Gasteiger partial charge on any atom is -0.375 e. The molecular formula is C15H16ClN3O2S2. The second-order valence-electron chi connectivity index (χ2n) is 5.96. The first-order valence-corrected chi connectivity index (χ1v) is 10.1. The minimum absolute atomic E-state index is 0.0385. The molecule has 0 radical (unpaired) electrons. The average Bonchev–Trinajstić information content (AvgIpc) is 2.87. The predicted octanol–water partition coefficient (Wildman–Crippen LogP) is 3.22. The van der Waals surface area contributed by atoms with Gasteiger partial charge in [-0.15, -0.1) is 11.3 Å². The molecule has 0 spiro atoms. The number of halogens is 1. The lowest BCUT2D eigenvalue weighted by molar-refractivity contribution is 0.165. The molecule has 1 fully saturated rings. The molecule has 2 bridgehead atoms. The summed E-state index contributed by atoms with van der Waals surface area (Å²) in [4.78, 5) is 5.69. The Balaban J connectivity index is 1.80. The zero-order valence-electron chi connectivity index (χ0n) is 12.3. The number of aromatic nitrogens is 1. The first kappa shape index (κ1) is 15.4. The number of nitrogen functional groups attached to an aromatic ring is 1. The highest BCUT2D eigenvalue weighted by Gasteiger charge is 2.45. The molecule has 1 aromatic heterocycles. The number of fused-ring (bicyclic) bond motifs is 4. The van der Waals surface area contributed by atoms with Crippen LogP contribution in [0.4, 0.5) is 5.13 Å². The lowest BCUT2D eigenvalue weighted by atomic mass is 9.89. The van der Waals surface area contributed by atoms with Gasteiger partial charge in [-0.1, -0.05) is 11.6 Å². The van der Waals surface area contributed by atoms with Crippen LogP contribution in [0.5, 0.6) is 0 Å². The fourth-order valence-corrected chi connectivity index (χ4v) is 6.63. The van der Waals surface area contributed by atoms with Crippen molar-refractivity contribution in [3.05, 3.63) is 39.9 Å². The lowest BCUT2D eigenvalue weighted by Gasteiger charge is -2.43. The van der Waals surface area contributed by atoms with Gasteiger partial charge in [0.2, 0.25) is 10.0 Å². The Hall–Kier alpha value is -1.15. The summed E-state index contributed by atoms with van der Waals surface area (Å²) in [5, 5.41) is 1.05. The van der Waals surface area contributed by atoms with E-state index in [1.807, 2.05) is 0 Å². The summed E-state index contributed by atoms with van der Waals surface area (Å²) in [6, 6.07) is 6.19. The van der Waals surface area contributed by atoms with Crippen molar-refractivity contribution in [1.29, 1.82) is 0 Å². The molecule has 1 saturated heterocycles. The molecule has 122 valence electrons. The van der Waals surface area contributed by atoms with E-state index in [-0.39, 0.29) is 12.1 Å². The third-order valence-corrected chi connectivity index (χ3v) is 7.80. The molecule has 8 heteroatoms. The van der Waals surface area contributed by atoms with Gasteiger partial charge < -0.3 is 5.73 Å². The normalized spacial score (nSPS) is 24.4. The summed E-state index contributed by atoms with van der Waals surface area (Å²) in [6.07, 6.45) is 3.35. The van der Waals surface area contributed by atoms with E-state index in [1.54, 1.807) is 28.6 Å². The van der Waals surface area contributed by atoms with Crippen LogP contribution in [0, 0.1) is 0 Å². The SMILES string of the molecule is Nc1nc2c(s1)C1CCCC(C2)N1S(=O)(=O)c1ccc(Cl)cc1. The summed E-state index contributed by atoms with van der Waals surface area (Å²) < 4.78 is 28.0. The van der Waals surface area contributed by atoms with E-state index < -0.39 is 10.0 Å². The number of sulfonamides is 1. The van der Waals surface area contributed by atoms with Crippen molar-refractivity contribution < 1.29 is 8.42 Å². The summed E-state index contributed by atoms with van der Waals surface area (Å²) in [7, 11) is -3.56. The maximum atomic E-state index is 13.2. The lowest BCUT2D eigenvalue weighted by Crippen LogP contribution is -2.49. The summed E-state index contributed by atoms with van der Waals surface area (Å²) in [5.74, 6) is 0. The minimum atomic E-state index is -3.56. The molecule has 23 heavy (non-hydrogen) atoms. The highest BCUT2D eigenvalue weighted by molar-refractivity contribution is 7.89. The van der Waals surface area contributed by atoms with E-state index >= 15 is 0 Å². The Kier molecular flexibility index (Phi) is 3.64. The first-order chi connectivity index (χ1) is 11.0. The Morgan fingerprint density at radius 3 is 2.74 bits per heavy atom. The van der Waals surface area contributed by atoms with Crippen LogP contribution in [0.2, 0.25) is 5.02 Å². The van der Waals surface area contributed by atoms with E-state index in [4.69, 9.17) is 17.3 Å². The Bertz CT molecular complexity index is 848. The van der Waals surface area contributed by atoms with E-state index in [0.717, 1.165) is 29.8 Å². The average molecular weight is 370 g/mol. The number of benzene rings is 1. The van der Waals surface area contributed by atoms with Crippen molar-refractivity contribution in [2.24, 2.45) is 0 Å². The standard InChI is InChI=1S/C15H16ClN3O2S2/c16-9-4-6-11(7-5-9)23(20,21)19-10-2-1-3-13(19)14-12(8-10)18-15(17)22-14/h4-7,10,13H,1-3,8H2,(H2,17,18). The number of nitrogens with zero attached hydrogens (tertiary/aromatic N) is 2. The van der Waals surface area contributed by atoms with Gasteiger partial charge in [-0.25, -0.2) is 13.4 Å². The van der Waals surface area contributed by atoms with Crippen LogP contribution in [0.15, 0.2) is 29.2 Å². The number of nitrogens with two attached hydrogens (primary N) is 1. The molecule has 0 aliphatic carbocycles. The van der Waals surface area contributed by atoms with Crippen molar-refractivity contribution in [1.82, 2.24) is 9.29 Å². The van der Waals surface area contributed by atoms with Gasteiger partial charge in [0.25, 0.3) is 0 Å². The van der Waals surface area contributed by atoms with Gasteiger partial charge in [-0.2, -0.15) is 4.31 Å². The third kappa shape index (κ3) is 2.46. The van der Waals surface area contributed by atoms with Gasteiger partial charge in [0.1, 0.15) is 0 Å². The fourth-order valence-electron chi connectivity index (χ4n) is 3.60. The third-order valence-electron chi connectivity index (χ3n) is 4.55. The van der Waals surface area contributed by atoms with Crippen LogP contribution in [0.1, 0.15) is 35.9 Å². The highest BCUT2D eigenvalue weighted by Crippen LogP contribution is 2.47. The molecule has 5 nitrogen and oxygen atoms in total. The van der Waals surface area contributed by atoms with Crippen LogP contribution in [0.3, 0.4) is 0 Å². The first-order valence-electron chi connectivity index (χ1n) is 7.51. The van der Waals surface area contributed by atoms with Crippen LogP contribution < -0.4 is 5.73 Å². The van der Waals surface area contributed by atoms with Crippen LogP contribution in [0.25, 0.3) is 0 Å². The van der Waals surface area contributed by atoms with E-state index in [9.17, 15) is 8.42 Å². The zero-order chi connectivity index (χ0) is 16.2. The monoisotopic (exact) mass is 369 g/mol. The van der Waals surface area contributed by atoms with Gasteiger partial charge in [-0.05, 0) is 43.5 Å².